The van der Waals surface area contributed by atoms with Crippen molar-refractivity contribution in [3.8, 4) is 0 Å². The van der Waals surface area contributed by atoms with Gasteiger partial charge >= 0.3 is 0 Å². The van der Waals surface area contributed by atoms with Crippen LogP contribution in [-0.2, 0) is 4.74 Å². The minimum Gasteiger partial charge on any atom is -0.490 e. The van der Waals surface area contributed by atoms with Crippen molar-refractivity contribution < 1.29 is 9.84 Å². The number of aliphatic hydroxyl groups excluding tert-OH is 1. The third-order valence-corrected chi connectivity index (χ3v) is 2.19. The van der Waals surface area contributed by atoms with E-state index >= 15 is 0 Å². The molecule has 0 fully saturated rings. The Bertz CT molecular complexity index is 268. The zero-order valence-electron chi connectivity index (χ0n) is 8.44. The van der Waals surface area contributed by atoms with Gasteiger partial charge in [-0.3, -0.25) is 0 Å². The van der Waals surface area contributed by atoms with Gasteiger partial charge in [-0.1, -0.05) is 25.7 Å². The molecule has 0 bridgehead atoms. The zero-order valence-corrected chi connectivity index (χ0v) is 8.44. The number of aliphatic hydroxyl groups is 1. The molecule has 14 heavy (non-hydrogen) atoms. The molecule has 2 atom stereocenters. The second-order valence-corrected chi connectivity index (χ2v) is 3.24. The smallest absolute Gasteiger partial charge is 0.123 e. The van der Waals surface area contributed by atoms with Crippen LogP contribution in [0.3, 0.4) is 0 Å². The van der Waals surface area contributed by atoms with E-state index in [1.54, 1.807) is 6.08 Å². The number of hydrogen-bond acceptors (Lipinski definition) is 3. The average Bonchev–Trinajstić information content (AvgIpc) is 2.20. The summed E-state index contributed by atoms with van der Waals surface area (Å²) in [6.45, 7) is 5.96. The Labute approximate surface area is 84.6 Å². The lowest BCUT2D eigenvalue weighted by molar-refractivity contribution is 0.0475. The van der Waals surface area contributed by atoms with Crippen molar-refractivity contribution in [3.63, 3.8) is 0 Å². The van der Waals surface area contributed by atoms with E-state index in [-0.39, 0.29) is 6.61 Å². The van der Waals surface area contributed by atoms with Crippen LogP contribution in [0.25, 0.3) is 0 Å². The molecule has 1 aliphatic rings. The molecule has 0 spiro atoms. The summed E-state index contributed by atoms with van der Waals surface area (Å²) in [5.74, 6) is 0.722. The number of rotatable bonds is 3. The highest BCUT2D eigenvalue weighted by Gasteiger charge is 2.25. The van der Waals surface area contributed by atoms with Gasteiger partial charge in [0, 0.05) is 5.57 Å². The molecule has 0 aromatic heterocycles. The average molecular weight is 195 g/mol. The molecule has 3 nitrogen and oxygen atoms in total. The van der Waals surface area contributed by atoms with Gasteiger partial charge in [-0.15, -0.1) is 0 Å². The molecular formula is C11H17NO2. The van der Waals surface area contributed by atoms with Crippen molar-refractivity contribution in [2.75, 3.05) is 6.61 Å². The lowest BCUT2D eigenvalue weighted by atomic mass is 9.99. The summed E-state index contributed by atoms with van der Waals surface area (Å²) in [5.41, 5.74) is 6.57. The SMILES string of the molecule is C=CC1=C(/C=C\CC)OCC(O)C1N. The van der Waals surface area contributed by atoms with E-state index < -0.39 is 12.1 Å². The summed E-state index contributed by atoms with van der Waals surface area (Å²) in [6.07, 6.45) is 5.81. The maximum atomic E-state index is 9.47. The summed E-state index contributed by atoms with van der Waals surface area (Å²) < 4.78 is 5.36. The van der Waals surface area contributed by atoms with Crippen LogP contribution in [0.1, 0.15) is 13.3 Å². The van der Waals surface area contributed by atoms with Gasteiger partial charge in [-0.2, -0.15) is 0 Å². The predicted molar refractivity (Wildman–Crippen MR) is 56.6 cm³/mol. The van der Waals surface area contributed by atoms with Crippen molar-refractivity contribution in [1.82, 2.24) is 0 Å². The van der Waals surface area contributed by atoms with E-state index in [0.29, 0.717) is 0 Å². The molecule has 0 aromatic rings. The third-order valence-electron chi connectivity index (χ3n) is 2.19. The maximum absolute atomic E-state index is 9.47. The molecule has 0 saturated carbocycles. The zero-order chi connectivity index (χ0) is 10.6. The molecule has 0 aromatic carbocycles. The van der Waals surface area contributed by atoms with Crippen molar-refractivity contribution in [3.05, 3.63) is 36.1 Å². The number of nitrogens with two attached hydrogens (primary N) is 1. The molecule has 1 rings (SSSR count). The molecule has 0 saturated heterocycles. The summed E-state index contributed by atoms with van der Waals surface area (Å²) in [6, 6.07) is -0.391. The van der Waals surface area contributed by atoms with E-state index in [1.165, 1.54) is 0 Å². The van der Waals surface area contributed by atoms with E-state index in [1.807, 2.05) is 19.1 Å². The van der Waals surface area contributed by atoms with Crippen LogP contribution in [0.2, 0.25) is 0 Å². The Balaban J connectivity index is 2.92. The van der Waals surface area contributed by atoms with Crippen LogP contribution >= 0.6 is 0 Å². The number of hydrogen-bond donors (Lipinski definition) is 2. The first-order chi connectivity index (χ1) is 6.70. The van der Waals surface area contributed by atoms with E-state index in [0.717, 1.165) is 17.8 Å². The fourth-order valence-electron chi connectivity index (χ4n) is 1.34. The quantitative estimate of drug-likeness (QED) is 0.709. The molecule has 3 N–H and O–H groups in total. The minimum absolute atomic E-state index is 0.252. The fourth-order valence-corrected chi connectivity index (χ4v) is 1.34. The van der Waals surface area contributed by atoms with Crippen molar-refractivity contribution in [1.29, 1.82) is 0 Å². The summed E-state index contributed by atoms with van der Waals surface area (Å²) in [7, 11) is 0. The molecule has 3 heteroatoms. The number of allylic oxidation sites excluding steroid dienone is 2. The van der Waals surface area contributed by atoms with Crippen LogP contribution in [-0.4, -0.2) is 23.9 Å². The van der Waals surface area contributed by atoms with Crippen LogP contribution in [0.5, 0.6) is 0 Å². The minimum atomic E-state index is -0.637. The normalized spacial score (nSPS) is 27.9. The Morgan fingerprint density at radius 2 is 2.43 bits per heavy atom. The van der Waals surface area contributed by atoms with Crippen LogP contribution in [0, 0.1) is 0 Å². The van der Waals surface area contributed by atoms with Crippen molar-refractivity contribution >= 4 is 0 Å². The second kappa shape index (κ2) is 4.98. The van der Waals surface area contributed by atoms with Crippen molar-refractivity contribution in [2.45, 2.75) is 25.5 Å². The first-order valence-corrected chi connectivity index (χ1v) is 4.80. The molecule has 0 amide bonds. The summed E-state index contributed by atoms with van der Waals surface area (Å²) >= 11 is 0. The Hall–Kier alpha value is -1.06. The molecule has 1 aliphatic heterocycles. The van der Waals surface area contributed by atoms with Crippen LogP contribution in [0.15, 0.2) is 36.1 Å². The highest BCUT2D eigenvalue weighted by atomic mass is 16.5. The molecule has 2 unspecified atom stereocenters. The van der Waals surface area contributed by atoms with Gasteiger partial charge in [0.15, 0.2) is 0 Å². The third kappa shape index (κ3) is 2.25. The topological polar surface area (TPSA) is 55.5 Å². The van der Waals surface area contributed by atoms with Gasteiger partial charge in [0.2, 0.25) is 0 Å². The first kappa shape index (κ1) is 11.0. The van der Waals surface area contributed by atoms with Gasteiger partial charge in [0.05, 0.1) is 6.04 Å². The van der Waals surface area contributed by atoms with Crippen LogP contribution in [0.4, 0.5) is 0 Å². The van der Waals surface area contributed by atoms with Gasteiger partial charge in [0.25, 0.3) is 0 Å². The highest BCUT2D eigenvalue weighted by molar-refractivity contribution is 5.34. The van der Waals surface area contributed by atoms with Gasteiger partial charge in [-0.05, 0) is 12.5 Å². The molecule has 0 radical (unpaired) electrons. The number of ether oxygens (including phenoxy) is 1. The molecule has 0 aliphatic carbocycles. The Morgan fingerprint density at radius 3 is 3.00 bits per heavy atom. The Morgan fingerprint density at radius 1 is 1.71 bits per heavy atom. The molecule has 1 heterocycles. The van der Waals surface area contributed by atoms with Gasteiger partial charge in [-0.25, -0.2) is 0 Å². The molecular weight excluding hydrogens is 178 g/mol. The van der Waals surface area contributed by atoms with Crippen LogP contribution < -0.4 is 5.73 Å². The second-order valence-electron chi connectivity index (χ2n) is 3.24. The van der Waals surface area contributed by atoms with Gasteiger partial charge in [0.1, 0.15) is 18.5 Å². The first-order valence-electron chi connectivity index (χ1n) is 4.80. The lowest BCUT2D eigenvalue weighted by Crippen LogP contribution is -2.42. The Kier molecular flexibility index (Phi) is 3.92. The summed E-state index contributed by atoms with van der Waals surface area (Å²) in [5, 5.41) is 9.47. The fraction of sp³-hybridized carbons (Fsp3) is 0.455. The largest absolute Gasteiger partial charge is 0.490 e. The van der Waals surface area contributed by atoms with E-state index in [4.69, 9.17) is 10.5 Å². The maximum Gasteiger partial charge on any atom is 0.123 e. The lowest BCUT2D eigenvalue weighted by Gasteiger charge is -2.27. The molecule has 78 valence electrons. The summed E-state index contributed by atoms with van der Waals surface area (Å²) in [4.78, 5) is 0. The highest BCUT2D eigenvalue weighted by Crippen LogP contribution is 2.20. The van der Waals surface area contributed by atoms with E-state index in [2.05, 4.69) is 6.58 Å². The monoisotopic (exact) mass is 195 g/mol. The predicted octanol–water partition coefficient (Wildman–Crippen LogP) is 1.11. The van der Waals surface area contributed by atoms with Gasteiger partial charge < -0.3 is 15.6 Å². The standard InChI is InChI=1S/C11H17NO2/c1-3-5-6-10-8(4-2)11(12)9(13)7-14-10/h4-6,9,11,13H,2-3,7,12H2,1H3/b6-5-. The van der Waals surface area contributed by atoms with E-state index in [9.17, 15) is 5.11 Å². The van der Waals surface area contributed by atoms with Crippen molar-refractivity contribution in [2.24, 2.45) is 5.73 Å².